The Labute approximate surface area is 289 Å². The Balaban J connectivity index is 1.27. The monoisotopic (exact) mass is 675 g/mol. The highest BCUT2D eigenvalue weighted by Gasteiger charge is 2.42. The van der Waals surface area contributed by atoms with Crippen molar-refractivity contribution in [2.75, 3.05) is 56.8 Å². The van der Waals surface area contributed by atoms with Crippen LogP contribution in [0.4, 0.5) is 16.2 Å². The highest BCUT2D eigenvalue weighted by molar-refractivity contribution is 5.98. The first kappa shape index (κ1) is 35.8. The fourth-order valence-corrected chi connectivity index (χ4v) is 6.08. The normalized spacial score (nSPS) is 16.8. The fourth-order valence-electron chi connectivity index (χ4n) is 6.08. The third-order valence-corrected chi connectivity index (χ3v) is 8.40. The van der Waals surface area contributed by atoms with E-state index in [9.17, 15) is 14.7 Å². The molecule has 2 aliphatic heterocycles. The summed E-state index contributed by atoms with van der Waals surface area (Å²) in [5, 5.41) is 13.5. The third kappa shape index (κ3) is 9.79. The smallest absolute Gasteiger partial charge is 0.410 e. The van der Waals surface area contributed by atoms with Gasteiger partial charge in [0, 0.05) is 55.5 Å². The molecule has 2 N–H and O–H groups in total. The molecule has 2 atom stereocenters. The van der Waals surface area contributed by atoms with Crippen molar-refractivity contribution in [3.63, 3.8) is 0 Å². The van der Waals surface area contributed by atoms with E-state index in [0.29, 0.717) is 43.4 Å². The number of aliphatic hydroxyl groups excluding tert-OH is 1. The number of piperazine rings is 1. The van der Waals surface area contributed by atoms with Gasteiger partial charge < -0.3 is 39.0 Å². The van der Waals surface area contributed by atoms with E-state index < -0.39 is 23.8 Å². The Morgan fingerprint density at radius 2 is 1.82 bits per heavy atom. The van der Waals surface area contributed by atoms with E-state index in [1.807, 2.05) is 60.7 Å². The number of anilines is 2. The summed E-state index contributed by atoms with van der Waals surface area (Å²) in [4.78, 5) is 30.1. The van der Waals surface area contributed by atoms with Crippen LogP contribution in [0.3, 0.4) is 0 Å². The average molecular weight is 676 g/mol. The van der Waals surface area contributed by atoms with Gasteiger partial charge >= 0.3 is 6.09 Å². The summed E-state index contributed by atoms with van der Waals surface area (Å²) in [7, 11) is 1.65. The Bertz CT molecular complexity index is 1540. The number of carbonyl (C=O) groups is 2. The number of aryl methyl sites for hydroxylation is 1. The van der Waals surface area contributed by atoms with Gasteiger partial charge in [0.05, 0.1) is 33.0 Å². The van der Waals surface area contributed by atoms with E-state index in [0.717, 1.165) is 36.4 Å². The van der Waals surface area contributed by atoms with Crippen LogP contribution in [0.5, 0.6) is 17.2 Å². The van der Waals surface area contributed by atoms with Gasteiger partial charge in [0.2, 0.25) is 5.91 Å². The van der Waals surface area contributed by atoms with Crippen LogP contribution in [-0.2, 0) is 27.3 Å². The second-order valence-electron chi connectivity index (χ2n) is 13.3. The van der Waals surface area contributed by atoms with Gasteiger partial charge in [-0.2, -0.15) is 0 Å². The molecule has 2 amide bonds. The topological polar surface area (TPSA) is 119 Å². The number of carbonyl (C=O) groups excluding carboxylic acids is 2. The number of hydrogen-bond donors (Lipinski definition) is 2. The number of para-hydroxylation sites is 1. The van der Waals surface area contributed by atoms with Crippen molar-refractivity contribution in [2.45, 2.75) is 70.8 Å². The summed E-state index contributed by atoms with van der Waals surface area (Å²) in [6, 6.07) is 20.4. The molecule has 0 radical (unpaired) electrons. The number of benzene rings is 3. The van der Waals surface area contributed by atoms with Gasteiger partial charge in [0.25, 0.3) is 0 Å². The molecular weight excluding hydrogens is 626 g/mol. The molecule has 5 rings (SSSR count). The molecular formula is C38H49N3O8. The second-order valence-corrected chi connectivity index (χ2v) is 13.3. The minimum absolute atomic E-state index is 0.146. The number of amides is 2. The first-order chi connectivity index (χ1) is 23.6. The Morgan fingerprint density at radius 3 is 2.57 bits per heavy atom. The number of nitrogens with zero attached hydrogens (tertiary/aromatic N) is 2. The number of nitrogens with one attached hydrogen (secondary N) is 1. The van der Waals surface area contributed by atoms with Crippen LogP contribution in [0.1, 0.15) is 51.2 Å². The van der Waals surface area contributed by atoms with Crippen LogP contribution in [-0.4, -0.2) is 86.3 Å². The maximum atomic E-state index is 13.8. The zero-order chi connectivity index (χ0) is 34.8. The van der Waals surface area contributed by atoms with Gasteiger partial charge in [0.15, 0.2) is 0 Å². The van der Waals surface area contributed by atoms with Crippen LogP contribution < -0.4 is 24.4 Å². The van der Waals surface area contributed by atoms with Gasteiger partial charge in [-0.3, -0.25) is 9.69 Å². The van der Waals surface area contributed by atoms with E-state index in [-0.39, 0.29) is 32.0 Å². The summed E-state index contributed by atoms with van der Waals surface area (Å²) >= 11 is 0. The quantitative estimate of drug-likeness (QED) is 0.204. The van der Waals surface area contributed by atoms with Gasteiger partial charge in [0.1, 0.15) is 35.5 Å². The third-order valence-electron chi connectivity index (χ3n) is 8.40. The number of methoxy groups -OCH3 is 1. The van der Waals surface area contributed by atoms with Crippen molar-refractivity contribution in [2.24, 2.45) is 0 Å². The molecule has 3 aromatic rings. The standard InChI is InChI=1S/C38H49N3O8/c1-38(2,3)49-37(44)40-24-33(35(18-20-42)48-31-15-12-27-10-7-19-39-32(27)23-31)41(36(43)25-40)29-13-16-30(17-14-29)47-22-8-21-46-26-28-9-5-6-11-34(28)45-4/h5-6,9,11-17,23,33,35,39,42H,7-8,10,18-22,24-26H2,1-4H3/t33-,35?/m1/s1. The maximum absolute atomic E-state index is 13.8. The molecule has 2 heterocycles. The summed E-state index contributed by atoms with van der Waals surface area (Å²) in [5.41, 5.74) is 3.17. The van der Waals surface area contributed by atoms with E-state index in [4.69, 9.17) is 23.7 Å². The van der Waals surface area contributed by atoms with Crippen molar-refractivity contribution < 1.29 is 38.4 Å². The van der Waals surface area contributed by atoms with Gasteiger partial charge in [-0.25, -0.2) is 4.79 Å². The highest BCUT2D eigenvalue weighted by Crippen LogP contribution is 2.32. The lowest BCUT2D eigenvalue weighted by Gasteiger charge is -2.44. The molecule has 3 aromatic carbocycles. The maximum Gasteiger partial charge on any atom is 0.410 e. The molecule has 0 spiro atoms. The Hall–Kier alpha value is -4.48. The number of fused-ring (bicyclic) bond motifs is 1. The van der Waals surface area contributed by atoms with Crippen LogP contribution in [0, 0.1) is 0 Å². The first-order valence-corrected chi connectivity index (χ1v) is 17.0. The molecule has 0 bridgehead atoms. The van der Waals surface area contributed by atoms with Crippen LogP contribution in [0.2, 0.25) is 0 Å². The lowest BCUT2D eigenvalue weighted by Crippen LogP contribution is -2.63. The summed E-state index contributed by atoms with van der Waals surface area (Å²) in [5.74, 6) is 1.82. The minimum Gasteiger partial charge on any atom is -0.496 e. The molecule has 49 heavy (non-hydrogen) atoms. The minimum atomic E-state index is -0.721. The van der Waals surface area contributed by atoms with Crippen molar-refractivity contribution in [1.82, 2.24) is 4.90 Å². The van der Waals surface area contributed by atoms with Crippen molar-refractivity contribution in [3.05, 3.63) is 77.9 Å². The lowest BCUT2D eigenvalue weighted by molar-refractivity contribution is -0.123. The molecule has 11 nitrogen and oxygen atoms in total. The lowest BCUT2D eigenvalue weighted by atomic mass is 10.0. The summed E-state index contributed by atoms with van der Waals surface area (Å²) in [6.45, 7) is 7.58. The largest absolute Gasteiger partial charge is 0.496 e. The molecule has 264 valence electrons. The predicted molar refractivity (Wildman–Crippen MR) is 188 cm³/mol. The molecule has 11 heteroatoms. The Morgan fingerprint density at radius 1 is 1.04 bits per heavy atom. The van der Waals surface area contributed by atoms with E-state index in [2.05, 4.69) is 11.4 Å². The van der Waals surface area contributed by atoms with E-state index in [1.165, 1.54) is 10.5 Å². The molecule has 1 fully saturated rings. The molecule has 1 unspecified atom stereocenters. The first-order valence-electron chi connectivity index (χ1n) is 17.0. The number of rotatable bonds is 14. The number of hydrogen-bond acceptors (Lipinski definition) is 9. The Kier molecular flexibility index (Phi) is 12.2. The highest BCUT2D eigenvalue weighted by atomic mass is 16.6. The van der Waals surface area contributed by atoms with Gasteiger partial charge in [-0.1, -0.05) is 24.3 Å². The number of ether oxygens (including phenoxy) is 5. The van der Waals surface area contributed by atoms with E-state index in [1.54, 1.807) is 32.8 Å². The average Bonchev–Trinajstić information content (AvgIpc) is 3.09. The molecule has 2 aliphatic rings. The molecule has 0 aliphatic carbocycles. The predicted octanol–water partition coefficient (Wildman–Crippen LogP) is 5.82. The van der Waals surface area contributed by atoms with E-state index >= 15 is 0 Å². The zero-order valence-corrected chi connectivity index (χ0v) is 29.0. The molecule has 0 saturated carbocycles. The number of aliphatic hydroxyl groups is 1. The molecule has 1 saturated heterocycles. The molecule has 0 aromatic heterocycles. The van der Waals surface area contributed by atoms with Crippen molar-refractivity contribution in [1.29, 1.82) is 0 Å². The zero-order valence-electron chi connectivity index (χ0n) is 29.0. The second kappa shape index (κ2) is 16.8. The van der Waals surface area contributed by atoms with Gasteiger partial charge in [-0.05, 0) is 75.6 Å². The fraction of sp³-hybridized carbons (Fsp3) is 0.474. The van der Waals surface area contributed by atoms with Crippen molar-refractivity contribution >= 4 is 23.4 Å². The SMILES string of the molecule is COc1ccccc1COCCCOc1ccc(N2C(=O)CN(C(=O)OC(C)(C)C)C[C@@H]2C(CCO)Oc2ccc3c(c2)NCCC3)cc1. The van der Waals surface area contributed by atoms with Crippen LogP contribution in [0.15, 0.2) is 66.7 Å². The van der Waals surface area contributed by atoms with Crippen LogP contribution in [0.25, 0.3) is 0 Å². The van der Waals surface area contributed by atoms with Crippen molar-refractivity contribution in [3.8, 4) is 17.2 Å². The van der Waals surface area contributed by atoms with Crippen LogP contribution >= 0.6 is 0 Å². The summed E-state index contributed by atoms with van der Waals surface area (Å²) < 4.78 is 29.3. The summed E-state index contributed by atoms with van der Waals surface area (Å²) in [6.07, 6.45) is 1.83. The van der Waals surface area contributed by atoms with Gasteiger partial charge in [-0.15, -0.1) is 0 Å².